The van der Waals surface area contributed by atoms with Crippen molar-refractivity contribution in [2.45, 2.75) is 12.4 Å². The lowest BCUT2D eigenvalue weighted by molar-refractivity contribution is -0.153. The monoisotopic (exact) mass is 266 g/mol. The first-order valence-corrected chi connectivity index (χ1v) is 3.75. The lowest BCUT2D eigenvalue weighted by Crippen LogP contribution is -2.21. The molecular weight excluding hydrogens is 264 g/mol. The maximum Gasteiger partial charge on any atom is 0.436 e. The number of nitrogens with two attached hydrogens (primary N) is 1. The first-order valence-electron chi connectivity index (χ1n) is 3.75. The number of aromatic nitrogens is 1. The minimum absolute atomic E-state index is 1.88. The van der Waals surface area contributed by atoms with Crippen molar-refractivity contribution in [1.82, 2.24) is 4.98 Å². The molecule has 0 unspecified atom stereocenters. The summed E-state index contributed by atoms with van der Waals surface area (Å²) in [5, 5.41) is 0. The van der Waals surface area contributed by atoms with E-state index in [1.165, 1.54) is 0 Å². The molecule has 0 saturated heterocycles. The first kappa shape index (κ1) is 13.5. The van der Waals surface area contributed by atoms with Crippen molar-refractivity contribution >= 4 is 5.69 Å². The molecule has 17 heavy (non-hydrogen) atoms. The van der Waals surface area contributed by atoms with Crippen molar-refractivity contribution in [2.24, 2.45) is 0 Å². The molecule has 10 heteroatoms. The van der Waals surface area contributed by atoms with Crippen LogP contribution in [0.1, 0.15) is 11.4 Å². The fraction of sp³-hybridized carbons (Fsp3) is 0.286. The molecule has 0 aliphatic rings. The van der Waals surface area contributed by atoms with Gasteiger partial charge in [-0.1, -0.05) is 0 Å². The third kappa shape index (κ3) is 2.39. The molecule has 96 valence electrons. The average Bonchev–Trinajstić information content (AvgIpc) is 2.10. The minimum Gasteiger partial charge on any atom is -0.394 e. The van der Waals surface area contributed by atoms with Gasteiger partial charge < -0.3 is 5.73 Å². The van der Waals surface area contributed by atoms with Crippen LogP contribution >= 0.6 is 0 Å². The topological polar surface area (TPSA) is 38.9 Å². The Morgan fingerprint density at radius 3 is 1.29 bits per heavy atom. The van der Waals surface area contributed by atoms with Crippen LogP contribution in [0.25, 0.3) is 0 Å². The number of alkyl halides is 6. The highest BCUT2D eigenvalue weighted by atomic mass is 19.4. The molecule has 0 amide bonds. The van der Waals surface area contributed by atoms with Gasteiger partial charge in [-0.05, 0) is 0 Å². The molecule has 0 bridgehead atoms. The number of anilines is 1. The molecule has 0 spiro atoms. The molecule has 2 N–H and O–H groups in total. The molecule has 0 aliphatic carbocycles. The number of rotatable bonds is 0. The van der Waals surface area contributed by atoms with Crippen molar-refractivity contribution in [3.05, 3.63) is 23.0 Å². The van der Waals surface area contributed by atoms with Gasteiger partial charge in [-0.2, -0.15) is 26.3 Å². The first-order chi connectivity index (χ1) is 7.46. The highest BCUT2D eigenvalue weighted by Crippen LogP contribution is 2.38. The standard InChI is InChI=1S/C7H2F8N2/c8-1-3(16)2(9)5(7(13,14)15)17-4(1)6(10,11)12/h(H2,16,17). The van der Waals surface area contributed by atoms with Crippen molar-refractivity contribution in [3.63, 3.8) is 0 Å². The molecule has 1 aromatic rings. The molecule has 0 fully saturated rings. The number of nitrogens with zero attached hydrogens (tertiary/aromatic N) is 1. The predicted octanol–water partition coefficient (Wildman–Crippen LogP) is 2.98. The molecule has 1 rings (SSSR count). The Balaban J connectivity index is 3.63. The van der Waals surface area contributed by atoms with Crippen LogP contribution in [0.5, 0.6) is 0 Å². The van der Waals surface area contributed by atoms with E-state index in [1.807, 2.05) is 4.98 Å². The van der Waals surface area contributed by atoms with E-state index >= 15 is 0 Å². The van der Waals surface area contributed by atoms with Gasteiger partial charge in [-0.25, -0.2) is 13.8 Å². The molecule has 0 saturated carbocycles. The van der Waals surface area contributed by atoms with Crippen LogP contribution in [-0.2, 0) is 12.4 Å². The summed E-state index contributed by atoms with van der Waals surface area (Å²) >= 11 is 0. The van der Waals surface area contributed by atoms with Crippen LogP contribution in [0.4, 0.5) is 40.8 Å². The third-order valence-corrected chi connectivity index (χ3v) is 1.65. The van der Waals surface area contributed by atoms with Gasteiger partial charge in [-0.15, -0.1) is 0 Å². The van der Waals surface area contributed by atoms with E-state index in [-0.39, 0.29) is 0 Å². The van der Waals surface area contributed by atoms with Crippen LogP contribution in [0.2, 0.25) is 0 Å². The summed E-state index contributed by atoms with van der Waals surface area (Å²) in [6.07, 6.45) is -11.0. The summed E-state index contributed by atoms with van der Waals surface area (Å²) in [7, 11) is 0. The SMILES string of the molecule is Nc1c(F)c(C(F)(F)F)nc(C(F)(F)F)c1F. The van der Waals surface area contributed by atoms with Gasteiger partial charge in [0, 0.05) is 0 Å². The van der Waals surface area contributed by atoms with Gasteiger partial charge in [0.2, 0.25) is 0 Å². The zero-order valence-electron chi connectivity index (χ0n) is 7.55. The number of halogens is 8. The van der Waals surface area contributed by atoms with E-state index in [0.29, 0.717) is 0 Å². The molecule has 1 heterocycles. The van der Waals surface area contributed by atoms with Crippen molar-refractivity contribution in [1.29, 1.82) is 0 Å². The Kier molecular flexibility index (Phi) is 2.93. The van der Waals surface area contributed by atoms with Gasteiger partial charge >= 0.3 is 12.4 Å². The predicted molar refractivity (Wildman–Crippen MR) is 38.6 cm³/mol. The number of nitrogen functional groups attached to an aromatic ring is 1. The molecule has 2 nitrogen and oxygen atoms in total. The molecule has 1 aromatic heterocycles. The second-order valence-corrected chi connectivity index (χ2v) is 2.85. The van der Waals surface area contributed by atoms with Crippen LogP contribution in [0, 0.1) is 11.6 Å². The van der Waals surface area contributed by atoms with E-state index < -0.39 is 41.1 Å². The maximum atomic E-state index is 12.8. The van der Waals surface area contributed by atoms with Crippen LogP contribution in [-0.4, -0.2) is 4.98 Å². The van der Waals surface area contributed by atoms with Crippen molar-refractivity contribution in [2.75, 3.05) is 5.73 Å². The lowest BCUT2D eigenvalue weighted by Gasteiger charge is -2.13. The average molecular weight is 266 g/mol. The van der Waals surface area contributed by atoms with Gasteiger partial charge in [0.05, 0.1) is 0 Å². The summed E-state index contributed by atoms with van der Waals surface area (Å²) < 4.78 is 98.1. The number of hydrogen-bond acceptors (Lipinski definition) is 2. The highest BCUT2D eigenvalue weighted by Gasteiger charge is 2.44. The molecular formula is C7H2F8N2. The Morgan fingerprint density at radius 2 is 1.06 bits per heavy atom. The van der Waals surface area contributed by atoms with Gasteiger partial charge in [0.1, 0.15) is 5.69 Å². The fourth-order valence-electron chi connectivity index (χ4n) is 0.937. The molecule has 0 aromatic carbocycles. The largest absolute Gasteiger partial charge is 0.436 e. The second kappa shape index (κ2) is 3.70. The zero-order valence-corrected chi connectivity index (χ0v) is 7.55. The van der Waals surface area contributed by atoms with Crippen LogP contribution < -0.4 is 5.73 Å². The van der Waals surface area contributed by atoms with Crippen LogP contribution in [0.3, 0.4) is 0 Å². The normalized spacial score (nSPS) is 12.9. The maximum absolute atomic E-state index is 12.8. The Morgan fingerprint density at radius 1 is 0.765 bits per heavy atom. The van der Waals surface area contributed by atoms with E-state index in [4.69, 9.17) is 0 Å². The van der Waals surface area contributed by atoms with Gasteiger partial charge in [-0.3, -0.25) is 0 Å². The second-order valence-electron chi connectivity index (χ2n) is 2.85. The van der Waals surface area contributed by atoms with Crippen LogP contribution in [0.15, 0.2) is 0 Å². The summed E-state index contributed by atoms with van der Waals surface area (Å²) in [5.41, 5.74) is -2.41. The summed E-state index contributed by atoms with van der Waals surface area (Å²) in [6.45, 7) is 0. The summed E-state index contributed by atoms with van der Waals surface area (Å²) in [4.78, 5) is 1.90. The quantitative estimate of drug-likeness (QED) is 0.733. The van der Waals surface area contributed by atoms with E-state index in [1.54, 1.807) is 0 Å². The fourth-order valence-corrected chi connectivity index (χ4v) is 0.937. The third-order valence-electron chi connectivity index (χ3n) is 1.65. The summed E-state index contributed by atoms with van der Waals surface area (Å²) in [6, 6.07) is 0. The smallest absolute Gasteiger partial charge is 0.394 e. The molecule has 0 atom stereocenters. The van der Waals surface area contributed by atoms with E-state index in [0.717, 1.165) is 0 Å². The molecule has 0 radical (unpaired) electrons. The van der Waals surface area contributed by atoms with Crippen molar-refractivity contribution in [3.8, 4) is 0 Å². The zero-order chi connectivity index (χ0) is 13.6. The van der Waals surface area contributed by atoms with E-state index in [2.05, 4.69) is 5.73 Å². The summed E-state index contributed by atoms with van der Waals surface area (Å²) in [5.74, 6) is -4.74. The Bertz CT molecular complexity index is 408. The lowest BCUT2D eigenvalue weighted by atomic mass is 10.2. The van der Waals surface area contributed by atoms with Gasteiger partial charge in [0.15, 0.2) is 23.0 Å². The molecule has 0 aliphatic heterocycles. The highest BCUT2D eigenvalue weighted by molar-refractivity contribution is 5.45. The van der Waals surface area contributed by atoms with Crippen molar-refractivity contribution < 1.29 is 35.1 Å². The van der Waals surface area contributed by atoms with Gasteiger partial charge in [0.25, 0.3) is 0 Å². The minimum atomic E-state index is -5.51. The Labute approximate surface area is 88.0 Å². The number of pyridine rings is 1. The number of hydrogen-bond donors (Lipinski definition) is 1. The van der Waals surface area contributed by atoms with E-state index in [9.17, 15) is 35.1 Å². The Hall–Kier alpha value is -1.61.